The standard InChI is InChI=1S/C21H26Cl2N4O2/c1-4-24-21(26-13-19(28)16-9-17(22)11-18(23)10-16)25-12-14-5-7-15(8-6-14)20(29)27(2)3/h5-11,19,28H,4,12-13H2,1-3H3,(H2,24,25,26). The van der Waals surface area contributed by atoms with E-state index in [1.807, 2.05) is 19.1 Å². The quantitative estimate of drug-likeness (QED) is 0.458. The van der Waals surface area contributed by atoms with E-state index >= 15 is 0 Å². The minimum absolute atomic E-state index is 0.0369. The summed E-state index contributed by atoms with van der Waals surface area (Å²) in [5.41, 5.74) is 2.24. The number of aliphatic hydroxyl groups excluding tert-OH is 1. The number of rotatable bonds is 7. The monoisotopic (exact) mass is 436 g/mol. The van der Waals surface area contributed by atoms with Gasteiger partial charge in [-0.3, -0.25) is 4.79 Å². The lowest BCUT2D eigenvalue weighted by Crippen LogP contribution is -2.39. The van der Waals surface area contributed by atoms with Gasteiger partial charge in [-0.25, -0.2) is 4.99 Å². The summed E-state index contributed by atoms with van der Waals surface area (Å²) in [4.78, 5) is 18.0. The summed E-state index contributed by atoms with van der Waals surface area (Å²) in [5, 5.41) is 17.6. The maximum Gasteiger partial charge on any atom is 0.253 e. The minimum Gasteiger partial charge on any atom is -0.387 e. The van der Waals surface area contributed by atoms with Crippen LogP contribution >= 0.6 is 23.2 Å². The Labute approximate surface area is 181 Å². The number of carbonyl (C=O) groups is 1. The largest absolute Gasteiger partial charge is 0.387 e. The van der Waals surface area contributed by atoms with Crippen LogP contribution in [0.2, 0.25) is 10.0 Å². The number of aliphatic hydroxyl groups is 1. The van der Waals surface area contributed by atoms with Crippen molar-refractivity contribution >= 4 is 35.1 Å². The highest BCUT2D eigenvalue weighted by Crippen LogP contribution is 2.23. The molecule has 0 saturated heterocycles. The van der Waals surface area contributed by atoms with Crippen LogP contribution in [0.4, 0.5) is 0 Å². The highest BCUT2D eigenvalue weighted by Gasteiger charge is 2.11. The van der Waals surface area contributed by atoms with Crippen LogP contribution in [0.25, 0.3) is 0 Å². The zero-order valence-corrected chi connectivity index (χ0v) is 18.3. The van der Waals surface area contributed by atoms with Crippen LogP contribution in [0.3, 0.4) is 0 Å². The Hall–Kier alpha value is -2.28. The summed E-state index contributed by atoms with van der Waals surface area (Å²) < 4.78 is 0. The van der Waals surface area contributed by atoms with Crippen LogP contribution in [0.5, 0.6) is 0 Å². The summed E-state index contributed by atoms with van der Waals surface area (Å²) in [7, 11) is 3.45. The molecule has 2 aromatic rings. The first kappa shape index (κ1) is 23.0. The lowest BCUT2D eigenvalue weighted by atomic mass is 10.1. The van der Waals surface area contributed by atoms with Crippen molar-refractivity contribution in [2.45, 2.75) is 19.6 Å². The first-order valence-electron chi connectivity index (χ1n) is 9.27. The van der Waals surface area contributed by atoms with Crippen LogP contribution in [0.1, 0.15) is 34.5 Å². The fourth-order valence-corrected chi connectivity index (χ4v) is 3.14. The van der Waals surface area contributed by atoms with Gasteiger partial charge in [0.25, 0.3) is 5.91 Å². The number of aliphatic imine (C=N–C) groups is 1. The molecular formula is C21H26Cl2N4O2. The second-order valence-electron chi connectivity index (χ2n) is 6.69. The molecule has 1 atom stereocenters. The van der Waals surface area contributed by atoms with Gasteiger partial charge < -0.3 is 20.6 Å². The molecule has 0 fully saturated rings. The molecule has 1 amide bonds. The molecule has 1 unspecified atom stereocenters. The van der Waals surface area contributed by atoms with Gasteiger partial charge in [0.2, 0.25) is 0 Å². The molecule has 2 aromatic carbocycles. The molecule has 0 bridgehead atoms. The molecule has 3 N–H and O–H groups in total. The number of halogens is 2. The van der Waals surface area contributed by atoms with Gasteiger partial charge in [-0.1, -0.05) is 35.3 Å². The Morgan fingerprint density at radius 2 is 1.72 bits per heavy atom. The molecule has 8 heteroatoms. The SMILES string of the molecule is CCNC(=NCc1ccc(C(=O)N(C)C)cc1)NCC(O)c1cc(Cl)cc(Cl)c1. The number of guanidine groups is 1. The predicted octanol–water partition coefficient (Wildman–Crippen LogP) is 3.48. The van der Waals surface area contributed by atoms with E-state index in [1.165, 1.54) is 0 Å². The molecule has 0 radical (unpaired) electrons. The third-order valence-electron chi connectivity index (χ3n) is 4.10. The van der Waals surface area contributed by atoms with Gasteiger partial charge in [0.05, 0.1) is 12.6 Å². The third-order valence-corrected chi connectivity index (χ3v) is 4.54. The van der Waals surface area contributed by atoms with Crippen LogP contribution in [-0.4, -0.2) is 49.1 Å². The molecule has 156 valence electrons. The summed E-state index contributed by atoms with van der Waals surface area (Å²) in [5.74, 6) is 0.540. The van der Waals surface area contributed by atoms with Gasteiger partial charge in [-0.05, 0) is 48.4 Å². The van der Waals surface area contributed by atoms with Crippen LogP contribution < -0.4 is 10.6 Å². The first-order valence-corrected chi connectivity index (χ1v) is 10.0. The second kappa shape index (κ2) is 11.0. The minimum atomic E-state index is -0.786. The molecule has 2 rings (SSSR count). The zero-order valence-electron chi connectivity index (χ0n) is 16.7. The van der Waals surface area contributed by atoms with Crippen LogP contribution in [-0.2, 0) is 6.54 Å². The molecule has 0 aliphatic heterocycles. The number of nitrogens with one attached hydrogen (secondary N) is 2. The fourth-order valence-electron chi connectivity index (χ4n) is 2.60. The number of hydrogen-bond donors (Lipinski definition) is 3. The van der Waals surface area contributed by atoms with E-state index in [-0.39, 0.29) is 12.5 Å². The third kappa shape index (κ3) is 7.24. The van der Waals surface area contributed by atoms with Crippen LogP contribution in [0, 0.1) is 0 Å². The van der Waals surface area contributed by atoms with Crippen molar-refractivity contribution < 1.29 is 9.90 Å². The van der Waals surface area contributed by atoms with Crippen molar-refractivity contribution in [1.82, 2.24) is 15.5 Å². The van der Waals surface area contributed by atoms with E-state index in [0.717, 1.165) is 5.56 Å². The summed E-state index contributed by atoms with van der Waals surface area (Å²) in [6.45, 7) is 3.33. The van der Waals surface area contributed by atoms with Crippen molar-refractivity contribution in [2.24, 2.45) is 4.99 Å². The molecule has 0 aromatic heterocycles. The van der Waals surface area contributed by atoms with Crippen LogP contribution in [0.15, 0.2) is 47.5 Å². The molecule has 0 saturated carbocycles. The number of benzene rings is 2. The van der Waals surface area contributed by atoms with E-state index in [1.54, 1.807) is 49.3 Å². The predicted molar refractivity (Wildman–Crippen MR) is 119 cm³/mol. The fraction of sp³-hybridized carbons (Fsp3) is 0.333. The number of amides is 1. The molecule has 0 aliphatic rings. The normalized spacial score (nSPS) is 12.4. The van der Waals surface area contributed by atoms with E-state index in [4.69, 9.17) is 23.2 Å². The van der Waals surface area contributed by atoms with Gasteiger partial charge in [-0.2, -0.15) is 0 Å². The number of carbonyl (C=O) groups excluding carboxylic acids is 1. The maximum atomic E-state index is 12.0. The average Bonchev–Trinajstić information content (AvgIpc) is 2.68. The number of hydrogen-bond acceptors (Lipinski definition) is 3. The molecule has 0 spiro atoms. The van der Waals surface area contributed by atoms with E-state index < -0.39 is 6.10 Å². The van der Waals surface area contributed by atoms with Crippen molar-refractivity contribution in [2.75, 3.05) is 27.2 Å². The Kier molecular flexibility index (Phi) is 8.76. The van der Waals surface area contributed by atoms with E-state index in [2.05, 4.69) is 15.6 Å². The summed E-state index contributed by atoms with van der Waals surface area (Å²) in [6, 6.07) is 12.3. The molecule has 0 heterocycles. The highest BCUT2D eigenvalue weighted by molar-refractivity contribution is 6.34. The second-order valence-corrected chi connectivity index (χ2v) is 7.56. The van der Waals surface area contributed by atoms with Gasteiger partial charge in [0.1, 0.15) is 0 Å². The lowest BCUT2D eigenvalue weighted by molar-refractivity contribution is 0.0827. The van der Waals surface area contributed by atoms with Crippen molar-refractivity contribution in [3.8, 4) is 0 Å². The van der Waals surface area contributed by atoms with Gasteiger partial charge >= 0.3 is 0 Å². The van der Waals surface area contributed by atoms with Crippen molar-refractivity contribution in [3.63, 3.8) is 0 Å². The Balaban J connectivity index is 1.99. The first-order chi connectivity index (χ1) is 13.8. The van der Waals surface area contributed by atoms with Gasteiger partial charge in [0.15, 0.2) is 5.96 Å². The van der Waals surface area contributed by atoms with Gasteiger partial charge in [0, 0.05) is 42.8 Å². The van der Waals surface area contributed by atoms with E-state index in [0.29, 0.717) is 40.2 Å². The Bertz CT molecular complexity index is 834. The lowest BCUT2D eigenvalue weighted by Gasteiger charge is -2.16. The average molecular weight is 437 g/mol. The summed E-state index contributed by atoms with van der Waals surface area (Å²) >= 11 is 12.0. The van der Waals surface area contributed by atoms with Crippen molar-refractivity contribution in [1.29, 1.82) is 0 Å². The Morgan fingerprint density at radius 3 is 2.28 bits per heavy atom. The topological polar surface area (TPSA) is 77.0 Å². The molecular weight excluding hydrogens is 411 g/mol. The highest BCUT2D eigenvalue weighted by atomic mass is 35.5. The molecule has 29 heavy (non-hydrogen) atoms. The van der Waals surface area contributed by atoms with Crippen molar-refractivity contribution in [3.05, 3.63) is 69.2 Å². The Morgan fingerprint density at radius 1 is 1.10 bits per heavy atom. The van der Waals surface area contributed by atoms with Gasteiger partial charge in [-0.15, -0.1) is 0 Å². The smallest absolute Gasteiger partial charge is 0.253 e. The summed E-state index contributed by atoms with van der Waals surface area (Å²) in [6.07, 6.45) is -0.786. The molecule has 0 aliphatic carbocycles. The maximum absolute atomic E-state index is 12.0. The molecule has 6 nitrogen and oxygen atoms in total. The number of nitrogens with zero attached hydrogens (tertiary/aromatic N) is 2. The zero-order chi connectivity index (χ0) is 21.4. The van der Waals surface area contributed by atoms with E-state index in [9.17, 15) is 9.90 Å².